The highest BCUT2D eigenvalue weighted by Gasteiger charge is 2.36. The molecule has 7 heteroatoms. The first kappa shape index (κ1) is 17.0. The fourth-order valence-corrected chi connectivity index (χ4v) is 2.94. The van der Waals surface area contributed by atoms with Crippen LogP contribution < -0.4 is 4.90 Å². The van der Waals surface area contributed by atoms with Gasteiger partial charge in [0.25, 0.3) is 0 Å². The van der Waals surface area contributed by atoms with E-state index in [-0.39, 0.29) is 16.8 Å². The van der Waals surface area contributed by atoms with Crippen molar-refractivity contribution in [3.05, 3.63) is 76.0 Å². The van der Waals surface area contributed by atoms with Crippen molar-refractivity contribution in [1.82, 2.24) is 0 Å². The molecule has 0 saturated heterocycles. The summed E-state index contributed by atoms with van der Waals surface area (Å²) >= 11 is 6.05. The monoisotopic (exact) mass is 361 g/mol. The zero-order chi connectivity index (χ0) is 18.3. The van der Waals surface area contributed by atoms with Gasteiger partial charge >= 0.3 is 0 Å². The Labute approximate surface area is 146 Å². The lowest BCUT2D eigenvalue weighted by atomic mass is 9.91. The molecule has 0 fully saturated rings. The molecule has 2 aromatic rings. The Morgan fingerprint density at radius 1 is 0.960 bits per heavy atom. The van der Waals surface area contributed by atoms with Gasteiger partial charge in [-0.2, -0.15) is 0 Å². The Bertz CT molecular complexity index is 948. The standard InChI is InChI=1S/C18H10ClF2NO3/c1-9(23)22(12-7-10(20)6-11(21)8-12)16-15(19)17(24)13-4-2-3-5-14(13)18(16)25/h2-8H,1H3. The van der Waals surface area contributed by atoms with Gasteiger partial charge in [-0.3, -0.25) is 19.3 Å². The summed E-state index contributed by atoms with van der Waals surface area (Å²) in [6.45, 7) is 1.10. The van der Waals surface area contributed by atoms with Crippen LogP contribution in [0.2, 0.25) is 0 Å². The number of hydrogen-bond acceptors (Lipinski definition) is 3. The number of nitrogens with zero attached hydrogens (tertiary/aromatic N) is 1. The van der Waals surface area contributed by atoms with Gasteiger partial charge in [0.1, 0.15) is 22.4 Å². The van der Waals surface area contributed by atoms with Gasteiger partial charge in [0.2, 0.25) is 17.5 Å². The molecule has 2 aromatic carbocycles. The molecular weight excluding hydrogens is 352 g/mol. The number of carbonyl (C=O) groups is 3. The van der Waals surface area contributed by atoms with Crippen molar-refractivity contribution in [2.24, 2.45) is 0 Å². The van der Waals surface area contributed by atoms with Crippen LogP contribution in [0.25, 0.3) is 0 Å². The summed E-state index contributed by atoms with van der Waals surface area (Å²) in [5.74, 6) is -3.92. The zero-order valence-electron chi connectivity index (χ0n) is 12.8. The number of benzene rings is 2. The van der Waals surface area contributed by atoms with Gasteiger partial charge < -0.3 is 0 Å². The average molecular weight is 362 g/mol. The molecule has 0 heterocycles. The third kappa shape index (κ3) is 2.85. The fraction of sp³-hybridized carbons (Fsp3) is 0.0556. The quantitative estimate of drug-likeness (QED) is 0.816. The van der Waals surface area contributed by atoms with E-state index in [2.05, 4.69) is 0 Å². The maximum Gasteiger partial charge on any atom is 0.228 e. The molecule has 0 unspecified atom stereocenters. The van der Waals surface area contributed by atoms with Crippen molar-refractivity contribution >= 4 is 34.8 Å². The minimum absolute atomic E-state index is 0.0648. The van der Waals surface area contributed by atoms with Crippen molar-refractivity contribution in [1.29, 1.82) is 0 Å². The molecule has 0 aromatic heterocycles. The zero-order valence-corrected chi connectivity index (χ0v) is 13.6. The summed E-state index contributed by atoms with van der Waals surface area (Å²) < 4.78 is 27.1. The minimum Gasteiger partial charge on any atom is -0.287 e. The number of carbonyl (C=O) groups excluding carboxylic acids is 3. The van der Waals surface area contributed by atoms with Crippen LogP contribution in [0.4, 0.5) is 14.5 Å². The number of ketones is 2. The number of amides is 1. The predicted octanol–water partition coefficient (Wildman–Crippen LogP) is 3.85. The number of hydrogen-bond donors (Lipinski definition) is 0. The SMILES string of the molecule is CC(=O)N(C1=C(Cl)C(=O)c2ccccc2C1=O)c1cc(F)cc(F)c1. The molecule has 0 atom stereocenters. The number of halogens is 3. The van der Waals surface area contributed by atoms with Crippen LogP contribution in [-0.4, -0.2) is 17.5 Å². The molecule has 0 aliphatic heterocycles. The van der Waals surface area contributed by atoms with E-state index in [4.69, 9.17) is 11.6 Å². The lowest BCUT2D eigenvalue weighted by molar-refractivity contribution is -0.116. The Morgan fingerprint density at radius 3 is 2.00 bits per heavy atom. The first-order valence-electron chi connectivity index (χ1n) is 7.16. The second-order valence-electron chi connectivity index (χ2n) is 5.35. The van der Waals surface area contributed by atoms with Gasteiger partial charge in [0, 0.05) is 24.1 Å². The number of fused-ring (bicyclic) bond motifs is 1. The summed E-state index contributed by atoms with van der Waals surface area (Å²) in [7, 11) is 0. The molecular formula is C18H10ClF2NO3. The van der Waals surface area contributed by atoms with Crippen molar-refractivity contribution < 1.29 is 23.2 Å². The topological polar surface area (TPSA) is 54.5 Å². The van der Waals surface area contributed by atoms with Crippen LogP contribution >= 0.6 is 11.6 Å². The lowest BCUT2D eigenvalue weighted by Crippen LogP contribution is -2.36. The highest BCUT2D eigenvalue weighted by Crippen LogP contribution is 2.33. The third-order valence-corrected chi connectivity index (χ3v) is 4.03. The number of Topliss-reactive ketones (excluding diaryl/α,β-unsaturated/α-hetero) is 2. The molecule has 0 bridgehead atoms. The van der Waals surface area contributed by atoms with Crippen LogP contribution in [0.5, 0.6) is 0 Å². The number of anilines is 1. The molecule has 4 nitrogen and oxygen atoms in total. The maximum atomic E-state index is 13.6. The van der Waals surface area contributed by atoms with Crippen molar-refractivity contribution in [2.45, 2.75) is 6.92 Å². The highest BCUT2D eigenvalue weighted by atomic mass is 35.5. The van der Waals surface area contributed by atoms with E-state index in [1.807, 2.05) is 0 Å². The minimum atomic E-state index is -0.937. The molecule has 0 saturated carbocycles. The van der Waals surface area contributed by atoms with E-state index in [9.17, 15) is 23.2 Å². The van der Waals surface area contributed by atoms with Crippen molar-refractivity contribution in [3.63, 3.8) is 0 Å². The van der Waals surface area contributed by atoms with E-state index in [0.717, 1.165) is 24.0 Å². The second-order valence-corrected chi connectivity index (χ2v) is 5.73. The molecule has 1 aliphatic carbocycles. The van der Waals surface area contributed by atoms with E-state index >= 15 is 0 Å². The van der Waals surface area contributed by atoms with Gasteiger partial charge in [-0.15, -0.1) is 0 Å². The first-order chi connectivity index (χ1) is 11.8. The molecule has 0 radical (unpaired) electrons. The van der Waals surface area contributed by atoms with E-state index in [1.54, 1.807) is 12.1 Å². The maximum absolute atomic E-state index is 13.6. The second kappa shape index (κ2) is 6.22. The van der Waals surface area contributed by atoms with Crippen LogP contribution in [0.3, 0.4) is 0 Å². The largest absolute Gasteiger partial charge is 0.287 e. The first-order valence-corrected chi connectivity index (χ1v) is 7.54. The fourth-order valence-electron chi connectivity index (χ4n) is 2.67. The van der Waals surface area contributed by atoms with Crippen LogP contribution in [-0.2, 0) is 4.79 Å². The summed E-state index contributed by atoms with van der Waals surface area (Å²) in [4.78, 5) is 38.1. The average Bonchev–Trinajstić information content (AvgIpc) is 2.55. The molecule has 1 aliphatic rings. The summed E-state index contributed by atoms with van der Waals surface area (Å²) in [6.07, 6.45) is 0. The molecule has 126 valence electrons. The van der Waals surface area contributed by atoms with Crippen LogP contribution in [0, 0.1) is 11.6 Å². The number of rotatable bonds is 2. The molecule has 1 amide bonds. The predicted molar refractivity (Wildman–Crippen MR) is 87.5 cm³/mol. The summed E-state index contributed by atoms with van der Waals surface area (Å²) in [6, 6.07) is 8.36. The van der Waals surface area contributed by atoms with E-state index in [1.165, 1.54) is 12.1 Å². The third-order valence-electron chi connectivity index (χ3n) is 3.68. The highest BCUT2D eigenvalue weighted by molar-refractivity contribution is 6.50. The van der Waals surface area contributed by atoms with Crippen LogP contribution in [0.15, 0.2) is 53.2 Å². The van der Waals surface area contributed by atoms with Crippen LogP contribution in [0.1, 0.15) is 27.6 Å². The lowest BCUT2D eigenvalue weighted by Gasteiger charge is -2.27. The molecule has 25 heavy (non-hydrogen) atoms. The number of allylic oxidation sites excluding steroid dienone is 2. The van der Waals surface area contributed by atoms with Gasteiger partial charge in [-0.1, -0.05) is 35.9 Å². The Kier molecular flexibility index (Phi) is 4.22. The molecule has 0 spiro atoms. The van der Waals surface area contributed by atoms with Gasteiger partial charge in [-0.25, -0.2) is 8.78 Å². The molecule has 0 N–H and O–H groups in total. The summed E-state index contributed by atoms with van der Waals surface area (Å²) in [5, 5.41) is -0.483. The Hall–Kier alpha value is -2.86. The van der Waals surface area contributed by atoms with Crippen molar-refractivity contribution in [2.75, 3.05) is 4.90 Å². The van der Waals surface area contributed by atoms with Gasteiger partial charge in [0.05, 0.1) is 5.69 Å². The van der Waals surface area contributed by atoms with Gasteiger partial charge in [-0.05, 0) is 12.1 Å². The Morgan fingerprint density at radius 2 is 1.48 bits per heavy atom. The Balaban J connectivity index is 2.23. The molecule has 3 rings (SSSR count). The normalized spacial score (nSPS) is 13.8. The smallest absolute Gasteiger partial charge is 0.228 e. The van der Waals surface area contributed by atoms with E-state index < -0.39 is 39.8 Å². The van der Waals surface area contributed by atoms with E-state index in [0.29, 0.717) is 6.07 Å². The van der Waals surface area contributed by atoms with Gasteiger partial charge in [0.15, 0.2) is 0 Å². The van der Waals surface area contributed by atoms with Crippen molar-refractivity contribution in [3.8, 4) is 0 Å². The summed E-state index contributed by atoms with van der Waals surface area (Å²) in [5.41, 5.74) is -0.494.